The lowest BCUT2D eigenvalue weighted by Gasteiger charge is -2.23. The Labute approximate surface area is 160 Å². The van der Waals surface area contributed by atoms with Gasteiger partial charge in [0.05, 0.1) is 12.0 Å². The number of carboxylic acids is 1. The summed E-state index contributed by atoms with van der Waals surface area (Å²) >= 11 is 1.53. The van der Waals surface area contributed by atoms with Crippen molar-refractivity contribution in [3.63, 3.8) is 0 Å². The third-order valence-corrected chi connectivity index (χ3v) is 5.43. The molecule has 1 aliphatic rings. The molecule has 27 heavy (non-hydrogen) atoms. The first-order chi connectivity index (χ1) is 13.0. The summed E-state index contributed by atoms with van der Waals surface area (Å²) in [6, 6.07) is 10.5. The first-order valence-corrected chi connectivity index (χ1v) is 9.34. The minimum atomic E-state index is -1.05. The maximum Gasteiger partial charge on any atom is 0.341 e. The van der Waals surface area contributed by atoms with Gasteiger partial charge in [-0.25, -0.2) is 4.79 Å². The van der Waals surface area contributed by atoms with Gasteiger partial charge in [0.25, 0.3) is 0 Å². The van der Waals surface area contributed by atoms with Crippen molar-refractivity contribution in [2.45, 2.75) is 19.0 Å². The molecule has 0 saturated carbocycles. The Morgan fingerprint density at radius 3 is 2.85 bits per heavy atom. The van der Waals surface area contributed by atoms with E-state index >= 15 is 0 Å². The number of carboxylic acid groups (broad SMARTS) is 1. The predicted molar refractivity (Wildman–Crippen MR) is 99.4 cm³/mol. The summed E-state index contributed by atoms with van der Waals surface area (Å²) in [4.78, 5) is 38.1. The number of hydrogen-bond donors (Lipinski definition) is 2. The molecular weight excluding hydrogens is 368 g/mol. The Kier molecular flexibility index (Phi) is 5.75. The molecule has 2 amide bonds. The number of carbonyl (C=O) groups is 3. The molecule has 2 aromatic rings. The molecule has 0 aliphatic carbocycles. The van der Waals surface area contributed by atoms with Crippen LogP contribution in [0.2, 0.25) is 0 Å². The number of rotatable bonds is 7. The van der Waals surface area contributed by atoms with E-state index in [-0.39, 0.29) is 30.8 Å². The van der Waals surface area contributed by atoms with E-state index in [9.17, 15) is 14.4 Å². The van der Waals surface area contributed by atoms with Gasteiger partial charge in [0.15, 0.2) is 6.61 Å². The van der Waals surface area contributed by atoms with Crippen molar-refractivity contribution in [2.75, 3.05) is 13.7 Å². The van der Waals surface area contributed by atoms with E-state index in [1.165, 1.54) is 11.3 Å². The summed E-state index contributed by atoms with van der Waals surface area (Å²) in [6.45, 7) is -0.149. The van der Waals surface area contributed by atoms with Crippen molar-refractivity contribution in [3.05, 3.63) is 52.2 Å². The normalized spacial score (nSPS) is 19.1. The summed E-state index contributed by atoms with van der Waals surface area (Å²) in [6.07, 6.45) is 0.187. The topological polar surface area (TPSA) is 95.9 Å². The van der Waals surface area contributed by atoms with Crippen LogP contribution in [0.4, 0.5) is 0 Å². The van der Waals surface area contributed by atoms with Gasteiger partial charge >= 0.3 is 5.97 Å². The van der Waals surface area contributed by atoms with E-state index < -0.39 is 18.5 Å². The Bertz CT molecular complexity index is 836. The van der Waals surface area contributed by atoms with Crippen LogP contribution >= 0.6 is 11.3 Å². The van der Waals surface area contributed by atoms with Crippen LogP contribution in [-0.2, 0) is 20.9 Å². The Morgan fingerprint density at radius 1 is 1.33 bits per heavy atom. The van der Waals surface area contributed by atoms with Crippen LogP contribution in [0.25, 0.3) is 0 Å². The molecule has 2 heterocycles. The smallest absolute Gasteiger partial charge is 0.341 e. The Balaban J connectivity index is 1.64. The van der Waals surface area contributed by atoms with Gasteiger partial charge in [-0.05, 0) is 29.1 Å². The monoisotopic (exact) mass is 388 g/mol. The molecule has 8 heteroatoms. The summed E-state index contributed by atoms with van der Waals surface area (Å²) in [5.41, 5.74) is 0.789. The second kappa shape index (κ2) is 8.22. The van der Waals surface area contributed by atoms with Gasteiger partial charge in [0.2, 0.25) is 11.8 Å². The molecule has 3 rings (SSSR count). The van der Waals surface area contributed by atoms with E-state index in [0.29, 0.717) is 5.75 Å². The number of thiophene rings is 1. The van der Waals surface area contributed by atoms with Crippen molar-refractivity contribution in [3.8, 4) is 5.75 Å². The van der Waals surface area contributed by atoms with Crippen molar-refractivity contribution in [2.24, 2.45) is 5.92 Å². The molecule has 1 aromatic heterocycles. The third-order valence-electron chi connectivity index (χ3n) is 4.49. The van der Waals surface area contributed by atoms with E-state index in [1.807, 2.05) is 23.6 Å². The van der Waals surface area contributed by atoms with Gasteiger partial charge in [-0.3, -0.25) is 9.59 Å². The maximum atomic E-state index is 12.7. The molecule has 1 aliphatic heterocycles. The number of benzene rings is 1. The lowest BCUT2D eigenvalue weighted by atomic mass is 9.98. The number of ether oxygens (including phenoxy) is 1. The van der Waals surface area contributed by atoms with E-state index in [4.69, 9.17) is 9.84 Å². The molecular formula is C19H20N2O5S. The minimum absolute atomic E-state index is 0.0439. The fourth-order valence-corrected chi connectivity index (χ4v) is 4.10. The van der Waals surface area contributed by atoms with Gasteiger partial charge in [0.1, 0.15) is 5.75 Å². The van der Waals surface area contributed by atoms with Crippen molar-refractivity contribution in [1.29, 1.82) is 0 Å². The highest BCUT2D eigenvalue weighted by Crippen LogP contribution is 2.39. The highest BCUT2D eigenvalue weighted by Gasteiger charge is 2.43. The number of nitrogens with zero attached hydrogens (tertiary/aromatic N) is 1. The number of likely N-dealkylation sites (tertiary alicyclic amines) is 1. The second-order valence-corrected chi connectivity index (χ2v) is 7.30. The third kappa shape index (κ3) is 4.46. The molecule has 2 N–H and O–H groups in total. The molecule has 2 atom stereocenters. The predicted octanol–water partition coefficient (Wildman–Crippen LogP) is 2.05. The lowest BCUT2D eigenvalue weighted by Crippen LogP contribution is -2.33. The Morgan fingerprint density at radius 2 is 2.15 bits per heavy atom. The molecule has 1 fully saturated rings. The number of nitrogens with one attached hydrogen (secondary N) is 1. The van der Waals surface area contributed by atoms with Gasteiger partial charge in [-0.15, -0.1) is 11.3 Å². The number of aliphatic carboxylic acids is 1. The van der Waals surface area contributed by atoms with Crippen LogP contribution in [0.1, 0.15) is 22.9 Å². The average molecular weight is 388 g/mol. The number of amides is 2. The van der Waals surface area contributed by atoms with Crippen LogP contribution < -0.4 is 10.1 Å². The SMILES string of the molecule is CN1C(=O)C[C@H](C(=O)NCc2cccc(OCC(=O)O)c2)[C@@H]1c1cccs1. The van der Waals surface area contributed by atoms with Crippen molar-refractivity contribution >= 4 is 29.1 Å². The van der Waals surface area contributed by atoms with Crippen LogP contribution in [0.5, 0.6) is 5.75 Å². The first kappa shape index (κ1) is 18.9. The lowest BCUT2D eigenvalue weighted by molar-refractivity contribution is -0.139. The molecule has 7 nitrogen and oxygen atoms in total. The van der Waals surface area contributed by atoms with E-state index in [1.54, 1.807) is 30.1 Å². The molecule has 1 aromatic carbocycles. The quantitative estimate of drug-likeness (QED) is 0.757. The van der Waals surface area contributed by atoms with Crippen LogP contribution in [0.3, 0.4) is 0 Å². The fraction of sp³-hybridized carbons (Fsp3) is 0.316. The highest BCUT2D eigenvalue weighted by molar-refractivity contribution is 7.10. The number of carbonyl (C=O) groups excluding carboxylic acids is 2. The van der Waals surface area contributed by atoms with Gasteiger partial charge in [0, 0.05) is 24.9 Å². The van der Waals surface area contributed by atoms with Crippen molar-refractivity contribution in [1.82, 2.24) is 10.2 Å². The molecule has 0 bridgehead atoms. The number of hydrogen-bond acceptors (Lipinski definition) is 5. The summed E-state index contributed by atoms with van der Waals surface area (Å²) < 4.78 is 5.15. The summed E-state index contributed by atoms with van der Waals surface area (Å²) in [5.74, 6) is -1.28. The van der Waals surface area contributed by atoms with Crippen LogP contribution in [-0.4, -0.2) is 41.4 Å². The first-order valence-electron chi connectivity index (χ1n) is 8.46. The standard InChI is InChI=1S/C19H20N2O5S/c1-21-16(22)9-14(18(21)15-6-3-7-27-15)19(25)20-10-12-4-2-5-13(8-12)26-11-17(23)24/h2-8,14,18H,9-11H2,1H3,(H,20,25)(H,23,24)/t14-,18+/m0/s1. The summed E-state index contributed by atoms with van der Waals surface area (Å²) in [5, 5.41) is 13.5. The van der Waals surface area contributed by atoms with Crippen LogP contribution in [0.15, 0.2) is 41.8 Å². The minimum Gasteiger partial charge on any atom is -0.482 e. The van der Waals surface area contributed by atoms with Gasteiger partial charge < -0.3 is 20.1 Å². The Hall–Kier alpha value is -2.87. The molecule has 0 spiro atoms. The average Bonchev–Trinajstić information content (AvgIpc) is 3.27. The van der Waals surface area contributed by atoms with Crippen LogP contribution in [0, 0.1) is 5.92 Å². The zero-order chi connectivity index (χ0) is 19.4. The van der Waals surface area contributed by atoms with Crippen molar-refractivity contribution < 1.29 is 24.2 Å². The highest BCUT2D eigenvalue weighted by atomic mass is 32.1. The zero-order valence-corrected chi connectivity index (χ0v) is 15.6. The molecule has 1 saturated heterocycles. The molecule has 0 radical (unpaired) electrons. The van der Waals surface area contributed by atoms with Gasteiger partial charge in [-0.1, -0.05) is 18.2 Å². The molecule has 142 valence electrons. The zero-order valence-electron chi connectivity index (χ0n) is 14.8. The summed E-state index contributed by atoms with van der Waals surface area (Å²) in [7, 11) is 1.73. The molecule has 0 unspecified atom stereocenters. The van der Waals surface area contributed by atoms with E-state index in [0.717, 1.165) is 10.4 Å². The largest absolute Gasteiger partial charge is 0.482 e. The fourth-order valence-electron chi connectivity index (χ4n) is 3.16. The second-order valence-electron chi connectivity index (χ2n) is 6.32. The van der Waals surface area contributed by atoms with E-state index in [2.05, 4.69) is 5.32 Å². The maximum absolute atomic E-state index is 12.7. The van der Waals surface area contributed by atoms with Gasteiger partial charge in [-0.2, -0.15) is 0 Å².